The second kappa shape index (κ2) is 8.30. The summed E-state index contributed by atoms with van der Waals surface area (Å²) in [6.07, 6.45) is 1.40. The summed E-state index contributed by atoms with van der Waals surface area (Å²) >= 11 is 0. The third-order valence-electron chi connectivity index (χ3n) is 4.67. The number of benzene rings is 1. The van der Waals surface area contributed by atoms with Gasteiger partial charge in [0.15, 0.2) is 28.8 Å². The fourth-order valence-electron chi connectivity index (χ4n) is 2.95. The van der Waals surface area contributed by atoms with Crippen molar-refractivity contribution in [2.75, 3.05) is 7.11 Å². The summed E-state index contributed by atoms with van der Waals surface area (Å²) in [6, 6.07) is 9.19. The Morgan fingerprint density at radius 1 is 1.17 bits per heavy atom. The molecule has 2 aromatic heterocycles. The van der Waals surface area contributed by atoms with E-state index >= 15 is 0 Å². The molecule has 2 N–H and O–H groups in total. The zero-order valence-corrected chi connectivity index (χ0v) is 17.2. The minimum Gasteiger partial charge on any atom is -0.503 e. The first kappa shape index (κ1) is 20.3. The first-order chi connectivity index (χ1) is 13.8. The number of hydrogen-bond acceptors (Lipinski definition) is 6. The molecule has 0 bridgehead atoms. The summed E-state index contributed by atoms with van der Waals surface area (Å²) in [5.74, 6) is 0.964. The molecule has 3 rings (SSSR count). The molecule has 1 atom stereocenters. The third kappa shape index (κ3) is 4.21. The molecule has 0 unspecified atom stereocenters. The molecule has 0 spiro atoms. The van der Waals surface area contributed by atoms with Crippen LogP contribution in [-0.4, -0.2) is 37.9 Å². The van der Waals surface area contributed by atoms with Crippen LogP contribution in [0.3, 0.4) is 0 Å². The Labute approximate surface area is 169 Å². The molecule has 8 heteroatoms. The lowest BCUT2D eigenvalue weighted by atomic mass is 10.0. The number of amides is 1. The number of aromatic nitrogens is 4. The van der Waals surface area contributed by atoms with Crippen LogP contribution in [0.2, 0.25) is 0 Å². The highest BCUT2D eigenvalue weighted by Gasteiger charge is 2.22. The van der Waals surface area contributed by atoms with Gasteiger partial charge >= 0.3 is 0 Å². The van der Waals surface area contributed by atoms with Crippen molar-refractivity contribution in [3.8, 4) is 22.9 Å². The van der Waals surface area contributed by atoms with Crippen LogP contribution in [0.4, 0.5) is 0 Å². The number of carbonyl (C=O) groups excluding carboxylic acids is 1. The van der Waals surface area contributed by atoms with Crippen LogP contribution >= 0.6 is 0 Å². The van der Waals surface area contributed by atoms with Gasteiger partial charge in [-0.1, -0.05) is 38.1 Å². The van der Waals surface area contributed by atoms with Crippen molar-refractivity contribution >= 4 is 5.91 Å². The van der Waals surface area contributed by atoms with E-state index in [1.165, 1.54) is 24.9 Å². The molecule has 2 heterocycles. The number of aromatic hydroxyl groups is 1. The number of rotatable bonds is 6. The Kier molecular flexibility index (Phi) is 5.81. The van der Waals surface area contributed by atoms with E-state index in [4.69, 9.17) is 4.74 Å². The number of carbonyl (C=O) groups is 1. The van der Waals surface area contributed by atoms with Gasteiger partial charge in [-0.2, -0.15) is 5.10 Å². The number of nitrogens with zero attached hydrogens (tertiary/aromatic N) is 4. The van der Waals surface area contributed by atoms with Crippen molar-refractivity contribution in [2.24, 2.45) is 7.05 Å². The van der Waals surface area contributed by atoms with Crippen LogP contribution in [0.5, 0.6) is 11.5 Å². The lowest BCUT2D eigenvalue weighted by Gasteiger charge is -2.12. The quantitative estimate of drug-likeness (QED) is 0.664. The molecule has 0 aliphatic rings. The molecule has 1 aromatic carbocycles. The molecule has 29 heavy (non-hydrogen) atoms. The predicted molar refractivity (Wildman–Crippen MR) is 109 cm³/mol. The van der Waals surface area contributed by atoms with Gasteiger partial charge in [-0.05, 0) is 18.4 Å². The summed E-state index contributed by atoms with van der Waals surface area (Å²) in [5.41, 5.74) is 2.08. The maximum absolute atomic E-state index is 12.5. The highest BCUT2D eigenvalue weighted by Crippen LogP contribution is 2.28. The highest BCUT2D eigenvalue weighted by molar-refractivity contribution is 5.95. The topological polar surface area (TPSA) is 102 Å². The first-order valence-corrected chi connectivity index (χ1v) is 9.36. The average molecular weight is 395 g/mol. The highest BCUT2D eigenvalue weighted by atomic mass is 16.5. The molecular weight excluding hydrogens is 370 g/mol. The van der Waals surface area contributed by atoms with Crippen LogP contribution < -0.4 is 10.1 Å². The van der Waals surface area contributed by atoms with Crippen molar-refractivity contribution in [3.05, 3.63) is 53.6 Å². The summed E-state index contributed by atoms with van der Waals surface area (Å²) in [6.45, 7) is 6.07. The molecule has 0 fully saturated rings. The Bertz CT molecular complexity index is 1010. The Hall–Kier alpha value is -3.42. The first-order valence-electron chi connectivity index (χ1n) is 9.36. The SMILES string of the molecule is COc1ccnc(C(=O)N[C@@H](C)c2nc(-c3ccc(C(C)C)cc3)n(C)n2)c1O. The predicted octanol–water partition coefficient (Wildman–Crippen LogP) is 3.21. The number of aryl methyl sites for hydroxylation is 1. The Morgan fingerprint density at radius 3 is 2.48 bits per heavy atom. The minimum atomic E-state index is -0.538. The minimum absolute atomic E-state index is 0.114. The van der Waals surface area contributed by atoms with Crippen LogP contribution in [0, 0.1) is 0 Å². The van der Waals surface area contributed by atoms with Crippen molar-refractivity contribution in [3.63, 3.8) is 0 Å². The molecule has 152 valence electrons. The van der Waals surface area contributed by atoms with E-state index in [9.17, 15) is 9.90 Å². The van der Waals surface area contributed by atoms with Gasteiger partial charge in [-0.15, -0.1) is 0 Å². The van der Waals surface area contributed by atoms with Gasteiger partial charge in [0.2, 0.25) is 0 Å². The molecule has 0 aliphatic heterocycles. The second-order valence-electron chi connectivity index (χ2n) is 7.10. The molecular formula is C21H25N5O3. The van der Waals surface area contributed by atoms with Crippen LogP contribution in [-0.2, 0) is 7.05 Å². The van der Waals surface area contributed by atoms with E-state index in [0.29, 0.717) is 17.6 Å². The second-order valence-corrected chi connectivity index (χ2v) is 7.10. The maximum atomic E-state index is 12.5. The van der Waals surface area contributed by atoms with E-state index in [-0.39, 0.29) is 17.2 Å². The van der Waals surface area contributed by atoms with Crippen LogP contribution in [0.1, 0.15) is 54.6 Å². The lowest BCUT2D eigenvalue weighted by Crippen LogP contribution is -2.28. The number of methoxy groups -OCH3 is 1. The van der Waals surface area contributed by atoms with E-state index in [2.05, 4.69) is 46.4 Å². The van der Waals surface area contributed by atoms with Crippen molar-refractivity contribution in [1.82, 2.24) is 25.1 Å². The lowest BCUT2D eigenvalue weighted by molar-refractivity contribution is 0.0929. The van der Waals surface area contributed by atoms with Gasteiger partial charge in [0, 0.05) is 24.9 Å². The standard InChI is InChI=1S/C21H25N5O3/c1-12(2)14-6-8-15(9-7-14)20-24-19(25-26(20)4)13(3)23-21(28)17-18(27)16(29-5)10-11-22-17/h6-13,27H,1-5H3,(H,23,28)/t13-/m0/s1. The monoisotopic (exact) mass is 395 g/mol. The van der Waals surface area contributed by atoms with Crippen molar-refractivity contribution in [2.45, 2.75) is 32.7 Å². The van der Waals surface area contributed by atoms with Gasteiger partial charge < -0.3 is 15.2 Å². The number of nitrogens with one attached hydrogen (secondary N) is 1. The molecule has 8 nitrogen and oxygen atoms in total. The van der Waals surface area contributed by atoms with Crippen LogP contribution in [0.25, 0.3) is 11.4 Å². The molecule has 3 aromatic rings. The van der Waals surface area contributed by atoms with E-state index < -0.39 is 11.9 Å². The third-order valence-corrected chi connectivity index (χ3v) is 4.67. The maximum Gasteiger partial charge on any atom is 0.274 e. The average Bonchev–Trinajstić information content (AvgIpc) is 3.10. The smallest absolute Gasteiger partial charge is 0.274 e. The molecule has 1 amide bonds. The van der Waals surface area contributed by atoms with Crippen molar-refractivity contribution in [1.29, 1.82) is 0 Å². The fraction of sp³-hybridized carbons (Fsp3) is 0.333. The summed E-state index contributed by atoms with van der Waals surface area (Å²) in [7, 11) is 3.22. The van der Waals surface area contributed by atoms with Gasteiger partial charge in [0.25, 0.3) is 5.91 Å². The fourth-order valence-corrected chi connectivity index (χ4v) is 2.95. The summed E-state index contributed by atoms with van der Waals surface area (Å²) in [5, 5.41) is 17.3. The van der Waals surface area contributed by atoms with Gasteiger partial charge in [0.1, 0.15) is 0 Å². The molecule has 0 saturated heterocycles. The van der Waals surface area contributed by atoms with Crippen molar-refractivity contribution < 1.29 is 14.6 Å². The molecule has 0 radical (unpaired) electrons. The number of ether oxygens (including phenoxy) is 1. The van der Waals surface area contributed by atoms with Crippen LogP contribution in [0.15, 0.2) is 36.5 Å². The van der Waals surface area contributed by atoms with E-state index in [1.54, 1.807) is 11.6 Å². The largest absolute Gasteiger partial charge is 0.503 e. The molecule has 0 saturated carbocycles. The summed E-state index contributed by atoms with van der Waals surface area (Å²) in [4.78, 5) is 21.1. The number of hydrogen-bond donors (Lipinski definition) is 2. The summed E-state index contributed by atoms with van der Waals surface area (Å²) < 4.78 is 6.70. The zero-order chi connectivity index (χ0) is 21.1. The van der Waals surface area contributed by atoms with Gasteiger partial charge in [-0.25, -0.2) is 14.6 Å². The zero-order valence-electron chi connectivity index (χ0n) is 17.2. The molecule has 0 aliphatic carbocycles. The van der Waals surface area contributed by atoms with Gasteiger partial charge in [-0.3, -0.25) is 4.79 Å². The Balaban J connectivity index is 1.79. The van der Waals surface area contributed by atoms with E-state index in [1.807, 2.05) is 19.2 Å². The van der Waals surface area contributed by atoms with E-state index in [0.717, 1.165) is 5.56 Å². The normalized spacial score (nSPS) is 12.1. The number of pyridine rings is 1. The van der Waals surface area contributed by atoms with Gasteiger partial charge in [0.05, 0.1) is 13.2 Å². The Morgan fingerprint density at radius 2 is 1.86 bits per heavy atom.